The van der Waals surface area contributed by atoms with Gasteiger partial charge in [0.05, 0.1) is 35.7 Å². The first-order valence-corrected chi connectivity index (χ1v) is 11.7. The van der Waals surface area contributed by atoms with Crippen molar-refractivity contribution < 1.29 is 18.7 Å². The molecule has 0 unspecified atom stereocenters. The number of halogens is 1. The summed E-state index contributed by atoms with van der Waals surface area (Å²) >= 11 is 0. The molecule has 9 nitrogen and oxygen atoms in total. The van der Waals surface area contributed by atoms with Crippen molar-refractivity contribution in [2.75, 3.05) is 45.3 Å². The summed E-state index contributed by atoms with van der Waals surface area (Å²) in [6.45, 7) is 4.07. The van der Waals surface area contributed by atoms with E-state index in [1.54, 1.807) is 32.4 Å². The fourth-order valence-corrected chi connectivity index (χ4v) is 4.49. The summed E-state index contributed by atoms with van der Waals surface area (Å²) in [5.74, 6) is 0.746. The van der Waals surface area contributed by atoms with Crippen molar-refractivity contribution in [1.82, 2.24) is 24.8 Å². The maximum Gasteiger partial charge on any atom is 0.232 e. The molecule has 4 heterocycles. The Bertz CT molecular complexity index is 1200. The van der Waals surface area contributed by atoms with Gasteiger partial charge in [0.2, 0.25) is 18.1 Å². The molecule has 1 aromatic carbocycles. The van der Waals surface area contributed by atoms with Crippen LogP contribution in [0.1, 0.15) is 31.9 Å². The van der Waals surface area contributed by atoms with Crippen molar-refractivity contribution in [3.05, 3.63) is 48.2 Å². The van der Waals surface area contributed by atoms with Crippen LogP contribution in [0.3, 0.4) is 0 Å². The van der Waals surface area contributed by atoms with Gasteiger partial charge in [-0.3, -0.25) is 4.79 Å². The van der Waals surface area contributed by atoms with E-state index >= 15 is 0 Å². The van der Waals surface area contributed by atoms with Crippen LogP contribution >= 0.6 is 0 Å². The van der Waals surface area contributed by atoms with Gasteiger partial charge in [0.25, 0.3) is 0 Å². The molecule has 0 saturated carbocycles. The number of carbonyl (C=O) groups excluding carboxylic acids is 1. The van der Waals surface area contributed by atoms with Gasteiger partial charge in [-0.1, -0.05) is 0 Å². The van der Waals surface area contributed by atoms with E-state index in [4.69, 9.17) is 19.4 Å². The molecular formula is C25H29FN6O3. The summed E-state index contributed by atoms with van der Waals surface area (Å²) in [5, 5.41) is 0. The number of hydrogen-bond donors (Lipinski definition) is 1. The lowest BCUT2D eigenvalue weighted by Crippen LogP contribution is -2.48. The first-order valence-electron chi connectivity index (χ1n) is 11.7. The highest BCUT2D eigenvalue weighted by Gasteiger charge is 2.41. The predicted octanol–water partition coefficient (Wildman–Crippen LogP) is 3.41. The van der Waals surface area contributed by atoms with Crippen LogP contribution in [0, 0.1) is 11.2 Å². The van der Waals surface area contributed by atoms with E-state index < -0.39 is 11.7 Å². The van der Waals surface area contributed by atoms with Gasteiger partial charge in [-0.2, -0.15) is 0 Å². The maximum atomic E-state index is 13.6. The predicted molar refractivity (Wildman–Crippen MR) is 128 cm³/mol. The molecule has 0 radical (unpaired) electrons. The highest BCUT2D eigenvalue weighted by atomic mass is 19.1. The third kappa shape index (κ3) is 4.63. The molecule has 2 aliphatic rings. The van der Waals surface area contributed by atoms with E-state index in [-0.39, 0.29) is 24.9 Å². The van der Waals surface area contributed by atoms with Crippen LogP contribution in [-0.2, 0) is 14.3 Å². The molecule has 0 atom stereocenters. The number of carbonyl (C=O) groups is 1. The van der Waals surface area contributed by atoms with E-state index in [9.17, 15) is 9.18 Å². The first-order chi connectivity index (χ1) is 16.8. The quantitative estimate of drug-likeness (QED) is 0.598. The number of amides is 1. The Kier molecular flexibility index (Phi) is 6.24. The molecule has 184 valence electrons. The van der Waals surface area contributed by atoms with Crippen LogP contribution in [0.4, 0.5) is 10.3 Å². The Morgan fingerprint density at radius 2 is 1.80 bits per heavy atom. The number of nitrogens with zero attached hydrogens (tertiary/aromatic N) is 5. The molecule has 10 heteroatoms. The SMILES string of the molecule is CN(C)C(=O)C1(C)COC(c2nc(-c3ccc(F)cc3)c(-c3ccnc(N4CCCC4)n3)[nH]2)OC1. The minimum absolute atomic E-state index is 0.0569. The Morgan fingerprint density at radius 1 is 1.11 bits per heavy atom. The minimum Gasteiger partial charge on any atom is -0.348 e. The van der Waals surface area contributed by atoms with Crippen LogP contribution < -0.4 is 4.90 Å². The van der Waals surface area contributed by atoms with E-state index in [1.807, 2.05) is 13.0 Å². The summed E-state index contributed by atoms with van der Waals surface area (Å²) in [6.07, 6.45) is 3.20. The van der Waals surface area contributed by atoms with E-state index in [2.05, 4.69) is 14.9 Å². The molecule has 2 saturated heterocycles. The Balaban J connectivity index is 1.48. The monoisotopic (exact) mass is 480 g/mol. The number of aromatic nitrogens is 4. The van der Waals surface area contributed by atoms with Crippen molar-refractivity contribution in [3.63, 3.8) is 0 Å². The molecule has 2 fully saturated rings. The largest absolute Gasteiger partial charge is 0.348 e. The summed E-state index contributed by atoms with van der Waals surface area (Å²) in [6, 6.07) is 7.97. The lowest BCUT2D eigenvalue weighted by molar-refractivity contribution is -0.233. The third-order valence-corrected chi connectivity index (χ3v) is 6.38. The number of H-pyrrole nitrogens is 1. The summed E-state index contributed by atoms with van der Waals surface area (Å²) < 4.78 is 25.5. The maximum absolute atomic E-state index is 13.6. The Labute approximate surface area is 203 Å². The van der Waals surface area contributed by atoms with Gasteiger partial charge in [-0.15, -0.1) is 0 Å². The third-order valence-electron chi connectivity index (χ3n) is 6.38. The lowest BCUT2D eigenvalue weighted by Gasteiger charge is -2.36. The molecule has 35 heavy (non-hydrogen) atoms. The number of hydrogen-bond acceptors (Lipinski definition) is 7. The van der Waals surface area contributed by atoms with E-state index in [1.165, 1.54) is 17.0 Å². The van der Waals surface area contributed by atoms with Crippen LogP contribution in [0.25, 0.3) is 22.6 Å². The molecular weight excluding hydrogens is 451 g/mol. The number of nitrogens with one attached hydrogen (secondary N) is 1. The minimum atomic E-state index is -0.772. The van der Waals surface area contributed by atoms with Crippen LogP contribution in [0.15, 0.2) is 36.5 Å². The fourth-order valence-electron chi connectivity index (χ4n) is 4.49. The van der Waals surface area contributed by atoms with E-state index in [0.29, 0.717) is 28.9 Å². The average Bonchev–Trinajstić information content (AvgIpc) is 3.56. The van der Waals surface area contributed by atoms with Gasteiger partial charge in [-0.25, -0.2) is 19.3 Å². The standard InChI is InChI=1S/C25H29FN6O3/c1-25(23(33)31(2)3)14-34-22(35-15-25)21-29-19(16-6-8-17(26)9-7-16)20(30-21)18-10-11-27-24(28-18)32-12-4-5-13-32/h6-11,22H,4-5,12-15H2,1-3H3,(H,29,30). The number of ether oxygens (including phenoxy) is 2. The molecule has 2 aromatic heterocycles. The lowest BCUT2D eigenvalue weighted by atomic mass is 9.90. The highest BCUT2D eigenvalue weighted by molar-refractivity contribution is 5.82. The number of benzene rings is 1. The zero-order chi connectivity index (χ0) is 24.6. The summed E-state index contributed by atoms with van der Waals surface area (Å²) in [5.41, 5.74) is 1.90. The number of rotatable bonds is 5. The number of imidazole rings is 1. The molecule has 3 aromatic rings. The van der Waals surface area contributed by atoms with Crippen molar-refractivity contribution in [1.29, 1.82) is 0 Å². The molecule has 2 aliphatic heterocycles. The first kappa shape index (κ1) is 23.4. The Morgan fingerprint density at radius 3 is 2.46 bits per heavy atom. The zero-order valence-electron chi connectivity index (χ0n) is 20.1. The van der Waals surface area contributed by atoms with Crippen LogP contribution in [0.2, 0.25) is 0 Å². The average molecular weight is 481 g/mol. The van der Waals surface area contributed by atoms with Crippen LogP contribution in [-0.4, -0.2) is 71.1 Å². The van der Waals surface area contributed by atoms with E-state index in [0.717, 1.165) is 31.5 Å². The van der Waals surface area contributed by atoms with Gasteiger partial charge < -0.3 is 24.3 Å². The molecule has 1 amide bonds. The molecule has 5 rings (SSSR count). The summed E-state index contributed by atoms with van der Waals surface area (Å²) in [7, 11) is 3.43. The van der Waals surface area contributed by atoms with Crippen LogP contribution in [0.5, 0.6) is 0 Å². The van der Waals surface area contributed by atoms with Gasteiger partial charge in [0.1, 0.15) is 5.82 Å². The van der Waals surface area contributed by atoms with Gasteiger partial charge in [-0.05, 0) is 50.1 Å². The second-order valence-electron chi connectivity index (χ2n) is 9.50. The van der Waals surface area contributed by atoms with Gasteiger partial charge in [0.15, 0.2) is 5.82 Å². The smallest absolute Gasteiger partial charge is 0.232 e. The zero-order valence-corrected chi connectivity index (χ0v) is 20.1. The highest BCUT2D eigenvalue weighted by Crippen LogP contribution is 2.36. The normalized spacial score (nSPS) is 22.4. The molecule has 0 bridgehead atoms. The van der Waals surface area contributed by atoms with Crippen molar-refractivity contribution >= 4 is 11.9 Å². The number of anilines is 1. The van der Waals surface area contributed by atoms with Crippen molar-refractivity contribution in [2.45, 2.75) is 26.1 Å². The molecule has 0 spiro atoms. The second-order valence-corrected chi connectivity index (χ2v) is 9.50. The molecule has 1 N–H and O–H groups in total. The Hall–Kier alpha value is -3.37. The fraction of sp³-hybridized carbons (Fsp3) is 0.440. The summed E-state index contributed by atoms with van der Waals surface area (Å²) in [4.78, 5) is 33.6. The van der Waals surface area contributed by atoms with Crippen molar-refractivity contribution in [2.24, 2.45) is 5.41 Å². The van der Waals surface area contributed by atoms with Gasteiger partial charge >= 0.3 is 0 Å². The molecule has 0 aliphatic carbocycles. The topological polar surface area (TPSA) is 96.5 Å². The second kappa shape index (κ2) is 9.35. The van der Waals surface area contributed by atoms with Gasteiger partial charge in [0, 0.05) is 38.9 Å². The van der Waals surface area contributed by atoms with Crippen molar-refractivity contribution in [3.8, 4) is 22.6 Å². The number of aromatic amines is 1.